The van der Waals surface area contributed by atoms with Crippen LogP contribution in [0.2, 0.25) is 0 Å². The maximum Gasteiger partial charge on any atom is 0.269 e. The molecule has 0 fully saturated rings. The number of aromatic nitrogens is 1. The van der Waals surface area contributed by atoms with E-state index in [4.69, 9.17) is 5.73 Å². The molecular formula is C14H18N4OS. The number of nitrogens with one attached hydrogen (secondary N) is 1. The van der Waals surface area contributed by atoms with Crippen LogP contribution in [0.5, 0.6) is 0 Å². The van der Waals surface area contributed by atoms with E-state index in [0.717, 1.165) is 11.3 Å². The summed E-state index contributed by atoms with van der Waals surface area (Å²) in [5.41, 5.74) is 8.88. The molecule has 0 aliphatic carbocycles. The SMILES string of the molecule is Cc1ccc(NC(=O)c2sc(N(C)C)nc2N)cc1C. The molecular weight excluding hydrogens is 272 g/mol. The largest absolute Gasteiger partial charge is 0.382 e. The van der Waals surface area contributed by atoms with Gasteiger partial charge in [-0.3, -0.25) is 4.79 Å². The summed E-state index contributed by atoms with van der Waals surface area (Å²) >= 11 is 1.28. The van der Waals surface area contributed by atoms with Crippen LogP contribution in [0, 0.1) is 13.8 Å². The average Bonchev–Trinajstić information content (AvgIpc) is 2.76. The van der Waals surface area contributed by atoms with Crippen molar-refractivity contribution in [2.45, 2.75) is 13.8 Å². The number of benzene rings is 1. The Bertz CT molecular complexity index is 649. The number of carbonyl (C=O) groups is 1. The fraction of sp³-hybridized carbons (Fsp3) is 0.286. The van der Waals surface area contributed by atoms with Gasteiger partial charge in [0.2, 0.25) is 0 Å². The highest BCUT2D eigenvalue weighted by Crippen LogP contribution is 2.27. The highest BCUT2D eigenvalue weighted by Gasteiger charge is 2.17. The predicted molar refractivity (Wildman–Crippen MR) is 84.7 cm³/mol. The number of nitrogen functional groups attached to an aromatic ring is 1. The summed E-state index contributed by atoms with van der Waals surface area (Å²) < 4.78 is 0. The molecule has 3 N–H and O–H groups in total. The topological polar surface area (TPSA) is 71.2 Å². The maximum absolute atomic E-state index is 12.2. The van der Waals surface area contributed by atoms with Crippen molar-refractivity contribution < 1.29 is 4.79 Å². The van der Waals surface area contributed by atoms with Gasteiger partial charge in [0.1, 0.15) is 10.7 Å². The van der Waals surface area contributed by atoms with Gasteiger partial charge in [-0.15, -0.1) is 0 Å². The molecule has 0 aliphatic heterocycles. The van der Waals surface area contributed by atoms with Crippen molar-refractivity contribution in [2.75, 3.05) is 30.0 Å². The van der Waals surface area contributed by atoms with Gasteiger partial charge in [0, 0.05) is 19.8 Å². The molecule has 0 bridgehead atoms. The summed E-state index contributed by atoms with van der Waals surface area (Å²) in [5.74, 6) is 0.0383. The van der Waals surface area contributed by atoms with E-state index < -0.39 is 0 Å². The lowest BCUT2D eigenvalue weighted by atomic mass is 10.1. The minimum Gasteiger partial charge on any atom is -0.382 e. The number of nitrogens with two attached hydrogens (primary N) is 1. The maximum atomic E-state index is 12.2. The van der Waals surface area contributed by atoms with Crippen molar-refractivity contribution in [3.63, 3.8) is 0 Å². The van der Waals surface area contributed by atoms with Crippen LogP contribution in [0.15, 0.2) is 18.2 Å². The number of carbonyl (C=O) groups excluding carboxylic acids is 1. The summed E-state index contributed by atoms with van der Waals surface area (Å²) in [5, 5.41) is 3.57. The van der Waals surface area contributed by atoms with Gasteiger partial charge in [0.15, 0.2) is 5.13 Å². The Morgan fingerprint density at radius 1 is 1.30 bits per heavy atom. The first-order chi connectivity index (χ1) is 9.38. The molecule has 0 radical (unpaired) electrons. The van der Waals surface area contributed by atoms with Gasteiger partial charge in [0.05, 0.1) is 0 Å². The lowest BCUT2D eigenvalue weighted by Gasteiger charge is -2.07. The number of hydrogen-bond donors (Lipinski definition) is 2. The van der Waals surface area contributed by atoms with Gasteiger partial charge in [-0.25, -0.2) is 4.98 Å². The molecule has 0 saturated carbocycles. The summed E-state index contributed by atoms with van der Waals surface area (Å²) in [6.07, 6.45) is 0. The second-order valence-electron chi connectivity index (χ2n) is 4.86. The molecule has 0 spiro atoms. The van der Waals surface area contributed by atoms with Crippen molar-refractivity contribution >= 4 is 33.9 Å². The van der Waals surface area contributed by atoms with E-state index in [1.165, 1.54) is 16.9 Å². The van der Waals surface area contributed by atoms with Crippen LogP contribution in [-0.4, -0.2) is 25.0 Å². The summed E-state index contributed by atoms with van der Waals surface area (Å²) in [6.45, 7) is 4.04. The number of amides is 1. The predicted octanol–water partition coefficient (Wildman–Crippen LogP) is 2.66. The van der Waals surface area contributed by atoms with Crippen LogP contribution in [0.1, 0.15) is 20.8 Å². The highest BCUT2D eigenvalue weighted by molar-refractivity contribution is 7.18. The minimum atomic E-state index is -0.226. The van der Waals surface area contributed by atoms with E-state index in [9.17, 15) is 4.79 Å². The zero-order chi connectivity index (χ0) is 14.9. The van der Waals surface area contributed by atoms with Crippen LogP contribution >= 0.6 is 11.3 Å². The van der Waals surface area contributed by atoms with Crippen LogP contribution in [0.25, 0.3) is 0 Å². The lowest BCUT2D eigenvalue weighted by molar-refractivity contribution is 0.103. The Morgan fingerprint density at radius 3 is 2.55 bits per heavy atom. The van der Waals surface area contributed by atoms with Crippen LogP contribution in [-0.2, 0) is 0 Å². The van der Waals surface area contributed by atoms with E-state index in [2.05, 4.69) is 10.3 Å². The smallest absolute Gasteiger partial charge is 0.269 e. The molecule has 0 atom stereocenters. The van der Waals surface area contributed by atoms with E-state index in [-0.39, 0.29) is 11.7 Å². The number of aryl methyl sites for hydroxylation is 2. The molecule has 0 aliphatic rings. The molecule has 0 saturated heterocycles. The lowest BCUT2D eigenvalue weighted by Crippen LogP contribution is -2.12. The van der Waals surface area contributed by atoms with Crippen LogP contribution < -0.4 is 16.0 Å². The summed E-state index contributed by atoms with van der Waals surface area (Å²) in [4.78, 5) is 18.7. The van der Waals surface area contributed by atoms with E-state index in [1.54, 1.807) is 0 Å². The van der Waals surface area contributed by atoms with Gasteiger partial charge >= 0.3 is 0 Å². The number of nitrogens with zero attached hydrogens (tertiary/aromatic N) is 2. The molecule has 5 nitrogen and oxygen atoms in total. The van der Waals surface area contributed by atoms with Gasteiger partial charge in [-0.2, -0.15) is 0 Å². The highest BCUT2D eigenvalue weighted by atomic mass is 32.1. The average molecular weight is 290 g/mol. The fourth-order valence-electron chi connectivity index (χ4n) is 1.68. The third-order valence-electron chi connectivity index (χ3n) is 3.00. The van der Waals surface area contributed by atoms with E-state index in [1.807, 2.05) is 51.0 Å². The van der Waals surface area contributed by atoms with E-state index in [0.29, 0.717) is 10.0 Å². The Balaban J connectivity index is 2.21. The first-order valence-electron chi connectivity index (χ1n) is 6.20. The monoisotopic (exact) mass is 290 g/mol. The zero-order valence-corrected chi connectivity index (χ0v) is 12.8. The molecule has 106 valence electrons. The zero-order valence-electron chi connectivity index (χ0n) is 12.0. The first-order valence-corrected chi connectivity index (χ1v) is 7.02. The molecule has 1 heterocycles. The standard InChI is InChI=1S/C14H18N4OS/c1-8-5-6-10(7-9(8)2)16-13(19)11-12(15)17-14(20-11)18(3)4/h5-7H,15H2,1-4H3,(H,16,19). The molecule has 1 aromatic heterocycles. The van der Waals surface area contributed by atoms with Crippen LogP contribution in [0.4, 0.5) is 16.6 Å². The molecule has 2 rings (SSSR count). The van der Waals surface area contributed by atoms with Crippen molar-refractivity contribution in [1.29, 1.82) is 0 Å². The molecule has 1 aromatic carbocycles. The van der Waals surface area contributed by atoms with Crippen LogP contribution in [0.3, 0.4) is 0 Å². The normalized spacial score (nSPS) is 10.4. The molecule has 6 heteroatoms. The second kappa shape index (κ2) is 5.50. The Labute approximate surface area is 122 Å². The van der Waals surface area contributed by atoms with Crippen molar-refractivity contribution in [3.05, 3.63) is 34.2 Å². The third kappa shape index (κ3) is 2.91. The summed E-state index contributed by atoms with van der Waals surface area (Å²) in [7, 11) is 3.73. The number of rotatable bonds is 3. The van der Waals surface area contributed by atoms with Gasteiger partial charge in [0.25, 0.3) is 5.91 Å². The Morgan fingerprint density at radius 2 is 2.00 bits per heavy atom. The molecule has 1 amide bonds. The molecule has 2 aromatic rings. The van der Waals surface area contributed by atoms with Gasteiger partial charge in [-0.1, -0.05) is 17.4 Å². The summed E-state index contributed by atoms with van der Waals surface area (Å²) in [6, 6.07) is 5.80. The second-order valence-corrected chi connectivity index (χ2v) is 5.84. The first kappa shape index (κ1) is 14.3. The molecule has 20 heavy (non-hydrogen) atoms. The quantitative estimate of drug-likeness (QED) is 0.911. The van der Waals surface area contributed by atoms with Gasteiger partial charge < -0.3 is 16.0 Å². The number of anilines is 3. The Hall–Kier alpha value is -2.08. The van der Waals surface area contributed by atoms with Gasteiger partial charge in [-0.05, 0) is 37.1 Å². The van der Waals surface area contributed by atoms with Crippen molar-refractivity contribution in [1.82, 2.24) is 4.98 Å². The minimum absolute atomic E-state index is 0.226. The number of thiazole rings is 1. The third-order valence-corrected chi connectivity index (χ3v) is 4.23. The van der Waals surface area contributed by atoms with E-state index >= 15 is 0 Å². The van der Waals surface area contributed by atoms with Crippen molar-refractivity contribution in [3.8, 4) is 0 Å². The number of hydrogen-bond acceptors (Lipinski definition) is 5. The molecule has 0 unspecified atom stereocenters. The fourth-order valence-corrected chi connectivity index (χ4v) is 2.48. The van der Waals surface area contributed by atoms with Crippen molar-refractivity contribution in [2.24, 2.45) is 0 Å². The Kier molecular flexibility index (Phi) is 3.94.